The molecule has 2 heterocycles. The second-order valence-electron chi connectivity index (χ2n) is 7.90. The van der Waals surface area contributed by atoms with E-state index >= 15 is 0 Å². The number of carbonyl (C=O) groups excluding carboxylic acids is 1. The van der Waals surface area contributed by atoms with E-state index < -0.39 is 0 Å². The Kier molecular flexibility index (Phi) is 4.02. The second-order valence-corrected chi connectivity index (χ2v) is 7.90. The Morgan fingerprint density at radius 2 is 1.59 bits per heavy atom. The van der Waals surface area contributed by atoms with E-state index in [1.165, 1.54) is 5.56 Å². The summed E-state index contributed by atoms with van der Waals surface area (Å²) >= 11 is 0. The highest BCUT2D eigenvalue weighted by Gasteiger charge is 2.48. The highest BCUT2D eigenvalue weighted by Crippen LogP contribution is 2.43. The normalized spacial score (nSPS) is 22.5. The molecule has 0 aromatic heterocycles. The Hall–Kier alpha value is -1.35. The van der Waals surface area contributed by atoms with Gasteiger partial charge in [-0.3, -0.25) is 9.69 Å². The molecule has 1 amide bonds. The molecular formula is C19H28N2O. The lowest BCUT2D eigenvalue weighted by atomic mass is 9.76. The van der Waals surface area contributed by atoms with Crippen molar-refractivity contribution in [1.29, 1.82) is 0 Å². The molecule has 2 aliphatic rings. The summed E-state index contributed by atoms with van der Waals surface area (Å²) in [5, 5.41) is 0. The van der Waals surface area contributed by atoms with Crippen molar-refractivity contribution in [3.63, 3.8) is 0 Å². The first-order valence-corrected chi connectivity index (χ1v) is 8.49. The summed E-state index contributed by atoms with van der Waals surface area (Å²) < 4.78 is 0. The topological polar surface area (TPSA) is 23.6 Å². The van der Waals surface area contributed by atoms with E-state index in [-0.39, 0.29) is 11.0 Å². The largest absolute Gasteiger partial charge is 0.338 e. The van der Waals surface area contributed by atoms with Gasteiger partial charge in [-0.2, -0.15) is 0 Å². The van der Waals surface area contributed by atoms with Crippen LogP contribution in [0.5, 0.6) is 0 Å². The fraction of sp³-hybridized carbons (Fsp3) is 0.632. The van der Waals surface area contributed by atoms with E-state index in [2.05, 4.69) is 42.7 Å². The van der Waals surface area contributed by atoms with Crippen LogP contribution in [0.25, 0.3) is 0 Å². The van der Waals surface area contributed by atoms with Crippen LogP contribution in [0.2, 0.25) is 0 Å². The van der Waals surface area contributed by atoms with E-state index in [1.807, 2.05) is 18.2 Å². The summed E-state index contributed by atoms with van der Waals surface area (Å²) in [5.74, 6) is 0.393. The maximum atomic E-state index is 13.0. The lowest BCUT2D eigenvalue weighted by molar-refractivity contribution is -0.139. The van der Waals surface area contributed by atoms with Crippen molar-refractivity contribution in [2.24, 2.45) is 5.41 Å². The van der Waals surface area contributed by atoms with Crippen molar-refractivity contribution in [3.8, 4) is 0 Å². The average Bonchev–Trinajstić information content (AvgIpc) is 2.78. The van der Waals surface area contributed by atoms with E-state index in [0.29, 0.717) is 5.91 Å². The zero-order valence-electron chi connectivity index (χ0n) is 14.1. The Bertz CT molecular complexity index is 524. The van der Waals surface area contributed by atoms with Gasteiger partial charge in [0.05, 0.1) is 5.41 Å². The number of nitrogens with zero attached hydrogens (tertiary/aromatic N) is 2. The number of likely N-dealkylation sites (tertiary alicyclic amines) is 2. The van der Waals surface area contributed by atoms with Gasteiger partial charge in [0.25, 0.3) is 0 Å². The van der Waals surface area contributed by atoms with Crippen LogP contribution >= 0.6 is 0 Å². The Morgan fingerprint density at radius 3 is 2.18 bits per heavy atom. The zero-order chi connectivity index (χ0) is 15.8. The lowest BCUT2D eigenvalue weighted by Gasteiger charge is -2.44. The third-order valence-corrected chi connectivity index (χ3v) is 5.49. The Labute approximate surface area is 134 Å². The summed E-state index contributed by atoms with van der Waals surface area (Å²) in [6, 6.07) is 10.3. The van der Waals surface area contributed by atoms with Crippen molar-refractivity contribution < 1.29 is 4.79 Å². The van der Waals surface area contributed by atoms with E-state index in [9.17, 15) is 4.79 Å². The minimum atomic E-state index is -0.0729. The van der Waals surface area contributed by atoms with E-state index in [0.717, 1.165) is 45.4 Å². The van der Waals surface area contributed by atoms with Crippen LogP contribution in [0, 0.1) is 5.41 Å². The van der Waals surface area contributed by atoms with Crippen LogP contribution < -0.4 is 0 Å². The van der Waals surface area contributed by atoms with E-state index in [1.54, 1.807) is 0 Å². The maximum Gasteiger partial charge on any atom is 0.229 e. The number of rotatable bonds is 2. The number of hydrogen-bond acceptors (Lipinski definition) is 2. The molecule has 120 valence electrons. The molecular weight excluding hydrogens is 272 g/mol. The van der Waals surface area contributed by atoms with Crippen molar-refractivity contribution in [2.45, 2.75) is 52.1 Å². The average molecular weight is 300 g/mol. The minimum absolute atomic E-state index is 0.0729. The molecule has 0 bridgehead atoms. The molecule has 3 heteroatoms. The summed E-state index contributed by atoms with van der Waals surface area (Å²) in [6.45, 7) is 10.6. The van der Waals surface area contributed by atoms with Gasteiger partial charge in [0.15, 0.2) is 0 Å². The van der Waals surface area contributed by atoms with Crippen LogP contribution in [0.15, 0.2) is 30.3 Å². The minimum Gasteiger partial charge on any atom is -0.338 e. The molecule has 0 N–H and O–H groups in total. The molecule has 0 aliphatic carbocycles. The van der Waals surface area contributed by atoms with Gasteiger partial charge in [-0.1, -0.05) is 30.3 Å². The smallest absolute Gasteiger partial charge is 0.229 e. The number of amides is 1. The van der Waals surface area contributed by atoms with Gasteiger partial charge < -0.3 is 4.90 Å². The quantitative estimate of drug-likeness (QED) is 0.836. The number of benzene rings is 1. The Balaban J connectivity index is 1.64. The first-order valence-electron chi connectivity index (χ1n) is 8.49. The summed E-state index contributed by atoms with van der Waals surface area (Å²) in [7, 11) is 0. The monoisotopic (exact) mass is 300 g/mol. The SMILES string of the molecule is CC(C)(C)N1CCC2(CCN(Cc3ccccc3)C2=O)CC1. The predicted octanol–water partition coefficient (Wildman–Crippen LogP) is 3.30. The zero-order valence-corrected chi connectivity index (χ0v) is 14.1. The van der Waals surface area contributed by atoms with Gasteiger partial charge in [-0.25, -0.2) is 0 Å². The van der Waals surface area contributed by atoms with Gasteiger partial charge >= 0.3 is 0 Å². The van der Waals surface area contributed by atoms with Crippen LogP contribution in [0.1, 0.15) is 45.6 Å². The predicted molar refractivity (Wildman–Crippen MR) is 89.5 cm³/mol. The van der Waals surface area contributed by atoms with Gasteiger partial charge in [-0.05, 0) is 58.7 Å². The first kappa shape index (κ1) is 15.5. The molecule has 3 nitrogen and oxygen atoms in total. The standard InChI is InChI=1S/C19H28N2O/c1-18(2,3)21-13-10-19(11-14-21)9-12-20(17(19)22)15-16-7-5-4-6-8-16/h4-8H,9-15H2,1-3H3. The molecule has 0 radical (unpaired) electrons. The lowest BCUT2D eigenvalue weighted by Crippen LogP contribution is -2.51. The molecule has 1 aromatic rings. The highest BCUT2D eigenvalue weighted by atomic mass is 16.2. The van der Waals surface area contributed by atoms with E-state index in [4.69, 9.17) is 0 Å². The highest BCUT2D eigenvalue weighted by molar-refractivity contribution is 5.85. The molecule has 2 aliphatic heterocycles. The third kappa shape index (κ3) is 2.91. The van der Waals surface area contributed by atoms with Gasteiger partial charge in [0, 0.05) is 18.6 Å². The van der Waals surface area contributed by atoms with Gasteiger partial charge in [-0.15, -0.1) is 0 Å². The Morgan fingerprint density at radius 1 is 1.00 bits per heavy atom. The number of carbonyl (C=O) groups is 1. The van der Waals surface area contributed by atoms with Crippen LogP contribution in [-0.2, 0) is 11.3 Å². The van der Waals surface area contributed by atoms with Crippen molar-refractivity contribution in [3.05, 3.63) is 35.9 Å². The molecule has 0 atom stereocenters. The van der Waals surface area contributed by atoms with Crippen LogP contribution in [0.4, 0.5) is 0 Å². The molecule has 0 saturated carbocycles. The van der Waals surface area contributed by atoms with Gasteiger partial charge in [0.2, 0.25) is 5.91 Å². The third-order valence-electron chi connectivity index (χ3n) is 5.49. The summed E-state index contributed by atoms with van der Waals surface area (Å²) in [6.07, 6.45) is 3.08. The van der Waals surface area contributed by atoms with Crippen molar-refractivity contribution >= 4 is 5.91 Å². The summed E-state index contributed by atoms with van der Waals surface area (Å²) in [4.78, 5) is 17.5. The first-order chi connectivity index (χ1) is 10.4. The molecule has 2 saturated heterocycles. The molecule has 1 aromatic carbocycles. The summed E-state index contributed by atoms with van der Waals surface area (Å²) in [5.41, 5.74) is 1.38. The van der Waals surface area contributed by atoms with Crippen LogP contribution in [0.3, 0.4) is 0 Å². The molecule has 0 unspecified atom stereocenters. The fourth-order valence-corrected chi connectivity index (χ4v) is 3.92. The van der Waals surface area contributed by atoms with Crippen LogP contribution in [-0.4, -0.2) is 40.9 Å². The maximum absolute atomic E-state index is 13.0. The van der Waals surface area contributed by atoms with Crippen molar-refractivity contribution in [2.75, 3.05) is 19.6 Å². The molecule has 1 spiro atoms. The fourth-order valence-electron chi connectivity index (χ4n) is 3.92. The number of piperidine rings is 1. The second kappa shape index (κ2) is 5.69. The number of hydrogen-bond donors (Lipinski definition) is 0. The van der Waals surface area contributed by atoms with Crippen molar-refractivity contribution in [1.82, 2.24) is 9.80 Å². The molecule has 3 rings (SSSR count). The molecule has 2 fully saturated rings. The molecule has 22 heavy (non-hydrogen) atoms. The van der Waals surface area contributed by atoms with Gasteiger partial charge in [0.1, 0.15) is 0 Å².